The number of para-hydroxylation sites is 1. The van der Waals surface area contributed by atoms with Gasteiger partial charge >= 0.3 is 0 Å². The van der Waals surface area contributed by atoms with Gasteiger partial charge in [-0.25, -0.2) is 4.98 Å². The molecule has 0 aliphatic carbocycles. The molecule has 1 fully saturated rings. The van der Waals surface area contributed by atoms with Crippen molar-refractivity contribution in [3.8, 4) is 11.5 Å². The van der Waals surface area contributed by atoms with Gasteiger partial charge in [-0.05, 0) is 37.8 Å². The monoisotopic (exact) mass is 364 g/mol. The third kappa shape index (κ3) is 3.49. The Bertz CT molecular complexity index is 958. The molecular formula is C20H24N6O. The van der Waals surface area contributed by atoms with Crippen molar-refractivity contribution in [3.05, 3.63) is 36.4 Å². The highest BCUT2D eigenvalue weighted by Gasteiger charge is 2.25. The molecule has 0 radical (unpaired) electrons. The van der Waals surface area contributed by atoms with Gasteiger partial charge in [-0.3, -0.25) is 9.36 Å². The number of aromatic nitrogens is 4. The molecule has 140 valence electrons. The number of nitrogens with zero attached hydrogens (tertiary/aromatic N) is 5. The van der Waals surface area contributed by atoms with Crippen molar-refractivity contribution in [3.63, 3.8) is 0 Å². The van der Waals surface area contributed by atoms with Crippen LogP contribution in [-0.4, -0.2) is 38.7 Å². The van der Waals surface area contributed by atoms with Crippen LogP contribution in [0.5, 0.6) is 0 Å². The molecule has 1 aliphatic rings. The number of carbonyl (C=O) groups is 1. The van der Waals surface area contributed by atoms with Crippen LogP contribution in [0, 0.1) is 5.92 Å². The molecule has 0 saturated carbocycles. The first-order chi connectivity index (χ1) is 13.2. The van der Waals surface area contributed by atoms with Crippen LogP contribution in [0.2, 0.25) is 0 Å². The summed E-state index contributed by atoms with van der Waals surface area (Å²) in [5, 5.41) is 10.0. The Balaban J connectivity index is 1.59. The van der Waals surface area contributed by atoms with Crippen LogP contribution in [-0.2, 0) is 11.3 Å². The molecule has 3 heterocycles. The minimum atomic E-state index is -0.213. The molecule has 1 amide bonds. The molecule has 3 aromatic rings. The van der Waals surface area contributed by atoms with Gasteiger partial charge in [0.25, 0.3) is 0 Å². The number of pyridine rings is 1. The summed E-state index contributed by atoms with van der Waals surface area (Å²) in [6, 6.07) is 12.1. The molecule has 1 aliphatic heterocycles. The van der Waals surface area contributed by atoms with Gasteiger partial charge in [0, 0.05) is 31.4 Å². The third-order valence-corrected chi connectivity index (χ3v) is 5.26. The van der Waals surface area contributed by atoms with Crippen molar-refractivity contribution < 1.29 is 4.79 Å². The Morgan fingerprint density at radius 2 is 1.93 bits per heavy atom. The molecule has 7 heteroatoms. The Morgan fingerprint density at radius 3 is 2.67 bits per heavy atom. The molecule has 1 saturated heterocycles. The smallest absolute Gasteiger partial charge is 0.227 e. The van der Waals surface area contributed by atoms with E-state index in [1.807, 2.05) is 24.3 Å². The minimum Gasteiger partial charge on any atom is -0.370 e. The number of nitrogens with two attached hydrogens (primary N) is 1. The van der Waals surface area contributed by atoms with Gasteiger partial charge in [0.2, 0.25) is 11.9 Å². The maximum atomic E-state index is 11.1. The maximum absolute atomic E-state index is 11.1. The van der Waals surface area contributed by atoms with E-state index in [-0.39, 0.29) is 5.91 Å². The zero-order valence-corrected chi connectivity index (χ0v) is 15.5. The molecule has 27 heavy (non-hydrogen) atoms. The maximum Gasteiger partial charge on any atom is 0.227 e. The van der Waals surface area contributed by atoms with Gasteiger partial charge in [-0.15, -0.1) is 10.2 Å². The van der Waals surface area contributed by atoms with Crippen molar-refractivity contribution >= 4 is 22.8 Å². The van der Waals surface area contributed by atoms with E-state index < -0.39 is 0 Å². The molecule has 2 aromatic heterocycles. The molecule has 2 N–H and O–H groups in total. The second-order valence-electron chi connectivity index (χ2n) is 7.06. The zero-order chi connectivity index (χ0) is 18.8. The average Bonchev–Trinajstić information content (AvgIpc) is 3.12. The van der Waals surface area contributed by atoms with Gasteiger partial charge in [-0.2, -0.15) is 0 Å². The fourth-order valence-corrected chi connectivity index (χ4v) is 3.82. The SMILES string of the molecule is CCn1c(-c2ccc3ccccc3n2)nnc1N1CCC(CC(N)=O)CC1. The second-order valence-corrected chi connectivity index (χ2v) is 7.06. The minimum absolute atomic E-state index is 0.213. The molecule has 4 rings (SSSR count). The van der Waals surface area contributed by atoms with Crippen LogP contribution in [0.15, 0.2) is 36.4 Å². The van der Waals surface area contributed by atoms with Crippen LogP contribution in [0.1, 0.15) is 26.2 Å². The van der Waals surface area contributed by atoms with Gasteiger partial charge in [0.15, 0.2) is 5.82 Å². The van der Waals surface area contributed by atoms with E-state index in [4.69, 9.17) is 10.7 Å². The summed E-state index contributed by atoms with van der Waals surface area (Å²) < 4.78 is 2.12. The predicted octanol–water partition coefficient (Wildman–Crippen LogP) is 2.61. The third-order valence-electron chi connectivity index (χ3n) is 5.26. The van der Waals surface area contributed by atoms with Gasteiger partial charge in [-0.1, -0.05) is 24.3 Å². The number of amides is 1. The number of anilines is 1. The van der Waals surface area contributed by atoms with E-state index >= 15 is 0 Å². The summed E-state index contributed by atoms with van der Waals surface area (Å²) in [6.07, 6.45) is 2.37. The summed E-state index contributed by atoms with van der Waals surface area (Å²) in [4.78, 5) is 18.2. The Hall–Kier alpha value is -2.96. The first-order valence-corrected chi connectivity index (χ1v) is 9.48. The molecule has 0 unspecified atom stereocenters. The molecule has 0 atom stereocenters. The number of primary amides is 1. The van der Waals surface area contributed by atoms with Gasteiger partial charge in [0.1, 0.15) is 5.69 Å². The van der Waals surface area contributed by atoms with Crippen molar-refractivity contribution in [1.29, 1.82) is 0 Å². The molecule has 0 spiro atoms. The fourth-order valence-electron chi connectivity index (χ4n) is 3.82. The summed E-state index contributed by atoms with van der Waals surface area (Å²) in [5.74, 6) is 1.82. The average molecular weight is 364 g/mol. The van der Waals surface area contributed by atoms with E-state index in [1.54, 1.807) is 0 Å². The highest BCUT2D eigenvalue weighted by atomic mass is 16.1. The van der Waals surface area contributed by atoms with Crippen molar-refractivity contribution in [2.45, 2.75) is 32.7 Å². The quantitative estimate of drug-likeness (QED) is 0.751. The highest BCUT2D eigenvalue weighted by molar-refractivity contribution is 5.80. The number of carbonyl (C=O) groups excluding carboxylic acids is 1. The number of hydrogen-bond acceptors (Lipinski definition) is 5. The fraction of sp³-hybridized carbons (Fsp3) is 0.400. The van der Waals surface area contributed by atoms with Crippen molar-refractivity contribution in [1.82, 2.24) is 19.7 Å². The number of fused-ring (bicyclic) bond motifs is 1. The van der Waals surface area contributed by atoms with E-state index in [1.165, 1.54) is 0 Å². The first kappa shape index (κ1) is 17.5. The van der Waals surface area contributed by atoms with E-state index in [0.29, 0.717) is 12.3 Å². The highest BCUT2D eigenvalue weighted by Crippen LogP contribution is 2.27. The lowest BCUT2D eigenvalue weighted by Crippen LogP contribution is -2.36. The van der Waals surface area contributed by atoms with Crippen molar-refractivity contribution in [2.24, 2.45) is 11.7 Å². The number of benzene rings is 1. The van der Waals surface area contributed by atoms with Crippen LogP contribution in [0.25, 0.3) is 22.4 Å². The normalized spacial score (nSPS) is 15.4. The Morgan fingerprint density at radius 1 is 1.15 bits per heavy atom. The molecular weight excluding hydrogens is 340 g/mol. The standard InChI is InChI=1S/C20H24N6O/c1-2-26-19(17-8-7-15-5-3-4-6-16(15)22-17)23-24-20(26)25-11-9-14(10-12-25)13-18(21)27/h3-8,14H,2,9-13H2,1H3,(H2,21,27). The topological polar surface area (TPSA) is 89.9 Å². The summed E-state index contributed by atoms with van der Waals surface area (Å²) >= 11 is 0. The lowest BCUT2D eigenvalue weighted by atomic mass is 9.93. The first-order valence-electron chi connectivity index (χ1n) is 9.48. The summed E-state index contributed by atoms with van der Waals surface area (Å²) in [7, 11) is 0. The number of piperidine rings is 1. The molecule has 1 aromatic carbocycles. The predicted molar refractivity (Wildman–Crippen MR) is 105 cm³/mol. The Kier molecular flexibility index (Phi) is 4.75. The summed E-state index contributed by atoms with van der Waals surface area (Å²) in [5.41, 5.74) is 7.12. The van der Waals surface area contributed by atoms with Gasteiger partial charge in [0.05, 0.1) is 5.52 Å². The summed E-state index contributed by atoms with van der Waals surface area (Å²) in [6.45, 7) is 4.59. The number of rotatable bonds is 5. The lowest BCUT2D eigenvalue weighted by Gasteiger charge is -2.32. The van der Waals surface area contributed by atoms with Gasteiger partial charge < -0.3 is 10.6 Å². The van der Waals surface area contributed by atoms with E-state index in [0.717, 1.165) is 60.8 Å². The van der Waals surface area contributed by atoms with Crippen LogP contribution in [0.4, 0.5) is 5.95 Å². The van der Waals surface area contributed by atoms with E-state index in [2.05, 4.69) is 38.7 Å². The van der Waals surface area contributed by atoms with E-state index in [9.17, 15) is 4.79 Å². The van der Waals surface area contributed by atoms with Crippen LogP contribution < -0.4 is 10.6 Å². The van der Waals surface area contributed by atoms with Crippen LogP contribution >= 0.6 is 0 Å². The Labute approximate surface area is 158 Å². The number of hydrogen-bond donors (Lipinski definition) is 1. The van der Waals surface area contributed by atoms with Crippen molar-refractivity contribution in [2.75, 3.05) is 18.0 Å². The molecule has 0 bridgehead atoms. The second kappa shape index (κ2) is 7.34. The van der Waals surface area contributed by atoms with Crippen LogP contribution in [0.3, 0.4) is 0 Å². The largest absolute Gasteiger partial charge is 0.370 e. The lowest BCUT2D eigenvalue weighted by molar-refractivity contribution is -0.119. The molecule has 7 nitrogen and oxygen atoms in total. The zero-order valence-electron chi connectivity index (χ0n) is 15.5.